The van der Waals surface area contributed by atoms with Crippen molar-refractivity contribution in [2.45, 2.75) is 77.4 Å². The van der Waals surface area contributed by atoms with Crippen LogP contribution in [0.5, 0.6) is 5.75 Å². The van der Waals surface area contributed by atoms with Crippen molar-refractivity contribution in [3.63, 3.8) is 0 Å². The number of aliphatic carboxylic acids is 1. The number of esters is 1. The first kappa shape index (κ1) is 23.9. The Kier molecular flexibility index (Phi) is 6.61. The zero-order chi connectivity index (χ0) is 24.6. The summed E-state index contributed by atoms with van der Waals surface area (Å²) >= 11 is 0. The topological polar surface area (TPSA) is 72.8 Å². The van der Waals surface area contributed by atoms with E-state index in [1.54, 1.807) is 0 Å². The summed E-state index contributed by atoms with van der Waals surface area (Å²) in [4.78, 5) is 23.3. The Balaban J connectivity index is 1.34. The van der Waals surface area contributed by atoms with Crippen molar-refractivity contribution in [1.29, 1.82) is 0 Å². The van der Waals surface area contributed by atoms with E-state index < -0.39 is 5.97 Å². The molecular weight excluding hydrogens is 440 g/mol. The van der Waals surface area contributed by atoms with Gasteiger partial charge in [-0.25, -0.2) is 0 Å². The predicted molar refractivity (Wildman–Crippen MR) is 133 cm³/mol. The Morgan fingerprint density at radius 1 is 1.11 bits per heavy atom. The van der Waals surface area contributed by atoms with Gasteiger partial charge in [0.15, 0.2) is 0 Å². The molecule has 5 nitrogen and oxygen atoms in total. The highest BCUT2D eigenvalue weighted by Gasteiger charge is 2.59. The second-order valence-electron chi connectivity index (χ2n) is 11.1. The Hall–Kier alpha value is -2.82. The number of aryl methyl sites for hydroxylation is 1. The fourth-order valence-electron chi connectivity index (χ4n) is 7.51. The smallest absolute Gasteiger partial charge is 0.303 e. The highest BCUT2D eigenvalue weighted by molar-refractivity contribution is 5.67. The van der Waals surface area contributed by atoms with Crippen LogP contribution in [0.15, 0.2) is 48.5 Å². The number of carbonyl (C=O) groups is 2. The second kappa shape index (κ2) is 9.67. The van der Waals surface area contributed by atoms with Crippen LogP contribution in [-0.4, -0.2) is 23.1 Å². The van der Waals surface area contributed by atoms with Gasteiger partial charge in [0.05, 0.1) is 0 Å². The van der Waals surface area contributed by atoms with E-state index in [4.69, 9.17) is 9.47 Å². The summed E-state index contributed by atoms with van der Waals surface area (Å²) in [6, 6.07) is 16.9. The molecule has 0 saturated heterocycles. The van der Waals surface area contributed by atoms with Gasteiger partial charge in [0, 0.05) is 18.8 Å². The summed E-state index contributed by atoms with van der Waals surface area (Å²) in [5.41, 5.74) is 3.94. The zero-order valence-corrected chi connectivity index (χ0v) is 20.7. The number of hydrogen-bond acceptors (Lipinski definition) is 4. The molecule has 1 N–H and O–H groups in total. The number of carboxylic acids is 1. The quantitative estimate of drug-likeness (QED) is 0.486. The van der Waals surface area contributed by atoms with Crippen LogP contribution in [0.4, 0.5) is 0 Å². The monoisotopic (exact) mass is 476 g/mol. The van der Waals surface area contributed by atoms with E-state index in [0.29, 0.717) is 30.8 Å². The largest absolute Gasteiger partial charge is 0.489 e. The van der Waals surface area contributed by atoms with Crippen LogP contribution in [0.3, 0.4) is 0 Å². The Bertz CT molecular complexity index is 1080. The SMILES string of the molecule is CC(=O)O[C@H]1[C@H](CCC(=O)O)CC2C3CCc4cc(OCc5ccccc5)ccc4C3CC[C@@]21C. The van der Waals surface area contributed by atoms with Crippen molar-refractivity contribution in [3.8, 4) is 5.75 Å². The molecule has 3 aliphatic carbocycles. The third-order valence-corrected chi connectivity index (χ3v) is 9.04. The van der Waals surface area contributed by atoms with E-state index in [9.17, 15) is 14.7 Å². The molecule has 3 unspecified atom stereocenters. The summed E-state index contributed by atoms with van der Waals surface area (Å²) in [6.45, 7) is 4.34. The molecule has 186 valence electrons. The summed E-state index contributed by atoms with van der Waals surface area (Å²) in [5, 5.41) is 9.27. The van der Waals surface area contributed by atoms with Gasteiger partial charge in [-0.3, -0.25) is 9.59 Å². The van der Waals surface area contributed by atoms with Crippen molar-refractivity contribution >= 4 is 11.9 Å². The van der Waals surface area contributed by atoms with Gasteiger partial charge in [0.1, 0.15) is 18.5 Å². The number of fused-ring (bicyclic) bond motifs is 5. The summed E-state index contributed by atoms with van der Waals surface area (Å²) < 4.78 is 12.0. The maximum Gasteiger partial charge on any atom is 0.303 e. The minimum absolute atomic E-state index is 0.0771. The third kappa shape index (κ3) is 4.70. The molecule has 2 aromatic rings. The molecule has 0 bridgehead atoms. The van der Waals surface area contributed by atoms with Crippen LogP contribution in [0.2, 0.25) is 0 Å². The molecule has 2 saturated carbocycles. The number of hydrogen-bond donors (Lipinski definition) is 1. The van der Waals surface area contributed by atoms with E-state index in [0.717, 1.165) is 43.4 Å². The van der Waals surface area contributed by atoms with Crippen LogP contribution < -0.4 is 4.74 Å². The highest BCUT2D eigenvalue weighted by atomic mass is 16.5. The van der Waals surface area contributed by atoms with Gasteiger partial charge in [0.2, 0.25) is 0 Å². The average molecular weight is 477 g/mol. The molecule has 0 radical (unpaired) electrons. The molecule has 0 amide bonds. The first-order chi connectivity index (χ1) is 16.8. The fraction of sp³-hybridized carbons (Fsp3) is 0.533. The molecule has 0 aromatic heterocycles. The molecule has 5 rings (SSSR count). The van der Waals surface area contributed by atoms with Gasteiger partial charge < -0.3 is 14.6 Å². The zero-order valence-electron chi connectivity index (χ0n) is 20.7. The Morgan fingerprint density at radius 3 is 2.66 bits per heavy atom. The van der Waals surface area contributed by atoms with E-state index in [1.807, 2.05) is 18.2 Å². The Labute approximate surface area is 207 Å². The highest BCUT2D eigenvalue weighted by Crippen LogP contribution is 2.63. The van der Waals surface area contributed by atoms with Gasteiger partial charge in [-0.1, -0.05) is 43.3 Å². The lowest BCUT2D eigenvalue weighted by molar-refractivity contribution is -0.158. The van der Waals surface area contributed by atoms with E-state index in [-0.39, 0.29) is 29.8 Å². The Morgan fingerprint density at radius 2 is 1.91 bits per heavy atom. The molecule has 0 heterocycles. The normalized spacial score (nSPS) is 31.1. The minimum atomic E-state index is -0.777. The number of rotatable bonds is 7. The summed E-state index contributed by atoms with van der Waals surface area (Å²) in [5.74, 6) is 1.53. The number of ether oxygens (including phenoxy) is 2. The second-order valence-corrected chi connectivity index (χ2v) is 11.1. The minimum Gasteiger partial charge on any atom is -0.489 e. The van der Waals surface area contributed by atoms with Gasteiger partial charge in [-0.15, -0.1) is 0 Å². The van der Waals surface area contributed by atoms with Crippen LogP contribution in [0.1, 0.15) is 75.0 Å². The van der Waals surface area contributed by atoms with Crippen LogP contribution in [0, 0.1) is 23.2 Å². The first-order valence-electron chi connectivity index (χ1n) is 13.0. The molecule has 0 aliphatic heterocycles. The van der Waals surface area contributed by atoms with Crippen molar-refractivity contribution in [2.75, 3.05) is 0 Å². The van der Waals surface area contributed by atoms with Gasteiger partial charge >= 0.3 is 11.9 Å². The summed E-state index contributed by atoms with van der Waals surface area (Å²) in [6.07, 6.45) is 5.73. The van der Waals surface area contributed by atoms with E-state index in [2.05, 4.69) is 37.3 Å². The van der Waals surface area contributed by atoms with Gasteiger partial charge in [0.25, 0.3) is 0 Å². The molecule has 0 spiro atoms. The maximum atomic E-state index is 12.0. The van der Waals surface area contributed by atoms with E-state index in [1.165, 1.54) is 18.1 Å². The van der Waals surface area contributed by atoms with E-state index >= 15 is 0 Å². The molecule has 6 atom stereocenters. The van der Waals surface area contributed by atoms with Crippen molar-refractivity contribution in [3.05, 3.63) is 65.2 Å². The predicted octanol–water partition coefficient (Wildman–Crippen LogP) is 6.14. The molecule has 35 heavy (non-hydrogen) atoms. The fourth-order valence-corrected chi connectivity index (χ4v) is 7.51. The number of carboxylic acid groups (broad SMARTS) is 1. The molecule has 3 aliphatic rings. The summed E-state index contributed by atoms with van der Waals surface area (Å²) in [7, 11) is 0. The molecule has 5 heteroatoms. The number of carbonyl (C=O) groups excluding carboxylic acids is 1. The third-order valence-electron chi connectivity index (χ3n) is 9.04. The van der Waals surface area contributed by atoms with Crippen molar-refractivity contribution in [1.82, 2.24) is 0 Å². The van der Waals surface area contributed by atoms with Crippen LogP contribution in [-0.2, 0) is 27.4 Å². The molecular formula is C30H36O5. The van der Waals surface area contributed by atoms with Crippen molar-refractivity contribution < 1.29 is 24.2 Å². The lowest BCUT2D eigenvalue weighted by atomic mass is 9.55. The van der Waals surface area contributed by atoms with Crippen LogP contribution >= 0.6 is 0 Å². The first-order valence-corrected chi connectivity index (χ1v) is 13.0. The van der Waals surface area contributed by atoms with Crippen LogP contribution in [0.25, 0.3) is 0 Å². The molecule has 2 fully saturated rings. The standard InChI is InChI=1S/C30H36O5/c1-19(31)35-29-22(9-13-28(32)33)17-27-26-11-8-21-16-23(34-18-20-6-4-3-5-7-20)10-12-24(21)25(26)14-15-30(27,29)2/h3-7,10,12,16,22,25-27,29H,8-9,11,13-15,17-18H2,1-2H3,(H,32,33)/t22-,25?,26?,27?,29+,30+/m1/s1. The maximum absolute atomic E-state index is 12.0. The number of benzene rings is 2. The van der Waals surface area contributed by atoms with Crippen molar-refractivity contribution in [2.24, 2.45) is 23.2 Å². The van der Waals surface area contributed by atoms with Gasteiger partial charge in [-0.2, -0.15) is 0 Å². The lowest BCUT2D eigenvalue weighted by Gasteiger charge is -2.50. The lowest BCUT2D eigenvalue weighted by Crippen LogP contribution is -2.45. The van der Waals surface area contributed by atoms with Gasteiger partial charge in [-0.05, 0) is 91.0 Å². The average Bonchev–Trinajstić information content (AvgIpc) is 3.12. The molecule has 2 aromatic carbocycles.